The lowest BCUT2D eigenvalue weighted by atomic mass is 9.76. The minimum Gasteiger partial charge on any atom is -0.489 e. The van der Waals surface area contributed by atoms with Gasteiger partial charge in [0.05, 0.1) is 5.56 Å². The van der Waals surface area contributed by atoms with Gasteiger partial charge >= 0.3 is 0 Å². The van der Waals surface area contributed by atoms with Crippen molar-refractivity contribution in [2.24, 2.45) is 0 Å². The number of nitrogens with zero attached hydrogens (tertiary/aromatic N) is 1. The van der Waals surface area contributed by atoms with Crippen LogP contribution in [0, 0.1) is 0 Å². The van der Waals surface area contributed by atoms with Crippen LogP contribution in [-0.2, 0) is 17.2 Å². The number of aromatic nitrogens is 2. The number of hydrogen-bond acceptors (Lipinski definition) is 6. The second-order valence-electron chi connectivity index (χ2n) is 9.48. The summed E-state index contributed by atoms with van der Waals surface area (Å²) in [4.78, 5) is 34.4. The lowest BCUT2D eigenvalue weighted by Crippen LogP contribution is -2.32. The molecule has 0 amide bonds. The fourth-order valence-electron chi connectivity index (χ4n) is 5.07. The van der Waals surface area contributed by atoms with Gasteiger partial charge in [-0.25, -0.2) is 4.98 Å². The molecule has 2 aliphatic rings. The van der Waals surface area contributed by atoms with Crippen molar-refractivity contribution in [3.05, 3.63) is 129 Å². The fourth-order valence-corrected chi connectivity index (χ4v) is 5.88. The van der Waals surface area contributed by atoms with Crippen LogP contribution < -0.4 is 15.6 Å². The van der Waals surface area contributed by atoms with E-state index < -0.39 is 5.92 Å². The molecule has 0 spiro atoms. The molecule has 0 saturated carbocycles. The fraction of sp³-hybridized carbons (Fsp3) is 0.194. The summed E-state index contributed by atoms with van der Waals surface area (Å²) in [5, 5.41) is 3.90. The lowest BCUT2D eigenvalue weighted by molar-refractivity contribution is -0.116. The molecule has 4 aromatic rings. The zero-order valence-electron chi connectivity index (χ0n) is 20.8. The van der Waals surface area contributed by atoms with Crippen LogP contribution in [-0.4, -0.2) is 15.8 Å². The molecule has 0 saturated heterocycles. The van der Waals surface area contributed by atoms with Crippen molar-refractivity contribution in [2.45, 2.75) is 42.7 Å². The molecule has 190 valence electrons. The Morgan fingerprint density at radius 1 is 0.868 bits per heavy atom. The Bertz CT molecular complexity index is 1550. The number of anilines is 1. The summed E-state index contributed by atoms with van der Waals surface area (Å²) in [7, 11) is 0. The van der Waals surface area contributed by atoms with Crippen LogP contribution in [0.25, 0.3) is 0 Å². The highest BCUT2D eigenvalue weighted by atomic mass is 32.2. The molecule has 1 aromatic heterocycles. The van der Waals surface area contributed by atoms with E-state index in [9.17, 15) is 9.59 Å². The van der Waals surface area contributed by atoms with Crippen molar-refractivity contribution in [3.63, 3.8) is 0 Å². The highest BCUT2D eigenvalue weighted by Crippen LogP contribution is 2.43. The zero-order chi connectivity index (χ0) is 25.9. The number of benzene rings is 3. The molecule has 6 rings (SSSR count). The van der Waals surface area contributed by atoms with Crippen molar-refractivity contribution < 1.29 is 9.53 Å². The topological polar surface area (TPSA) is 84.1 Å². The number of carbonyl (C=O) groups excluding carboxylic acids is 1. The van der Waals surface area contributed by atoms with Crippen LogP contribution in [0.5, 0.6) is 5.75 Å². The number of nitrogens with one attached hydrogen (secondary N) is 2. The van der Waals surface area contributed by atoms with Crippen molar-refractivity contribution >= 4 is 23.4 Å². The lowest BCUT2D eigenvalue weighted by Gasteiger charge is -2.32. The summed E-state index contributed by atoms with van der Waals surface area (Å²) < 4.78 is 5.96. The number of thioether (sulfide) groups is 1. The maximum Gasteiger partial charge on any atom is 0.257 e. The van der Waals surface area contributed by atoms with Crippen molar-refractivity contribution in [3.8, 4) is 5.75 Å². The van der Waals surface area contributed by atoms with Gasteiger partial charge in [0.2, 0.25) is 0 Å². The van der Waals surface area contributed by atoms with E-state index in [-0.39, 0.29) is 11.3 Å². The largest absolute Gasteiger partial charge is 0.489 e. The van der Waals surface area contributed by atoms with E-state index in [1.165, 1.54) is 11.8 Å². The summed E-state index contributed by atoms with van der Waals surface area (Å²) in [5.74, 6) is 1.58. The van der Waals surface area contributed by atoms with Gasteiger partial charge in [0.15, 0.2) is 10.9 Å². The Morgan fingerprint density at radius 2 is 1.58 bits per heavy atom. The van der Waals surface area contributed by atoms with Gasteiger partial charge in [-0.05, 0) is 41.7 Å². The van der Waals surface area contributed by atoms with Crippen molar-refractivity contribution in [2.75, 3.05) is 5.32 Å². The maximum absolute atomic E-state index is 13.5. The first-order valence-corrected chi connectivity index (χ1v) is 13.7. The molecule has 0 fully saturated rings. The molecule has 1 aliphatic heterocycles. The summed E-state index contributed by atoms with van der Waals surface area (Å²) in [6.45, 7) is 0.469. The predicted molar refractivity (Wildman–Crippen MR) is 149 cm³/mol. The summed E-state index contributed by atoms with van der Waals surface area (Å²) >= 11 is 1.49. The number of aromatic amines is 1. The molecule has 0 radical (unpaired) electrons. The molecule has 1 unspecified atom stereocenters. The number of ketones is 1. The first-order chi connectivity index (χ1) is 18.7. The summed E-state index contributed by atoms with van der Waals surface area (Å²) in [5.41, 5.74) is 4.93. The number of rotatable bonds is 7. The second-order valence-corrected chi connectivity index (χ2v) is 10.4. The normalized spacial score (nSPS) is 16.4. The Balaban J connectivity index is 1.31. The predicted octanol–water partition coefficient (Wildman–Crippen LogP) is 6.21. The molecular weight excluding hydrogens is 494 g/mol. The van der Waals surface area contributed by atoms with Gasteiger partial charge < -0.3 is 15.0 Å². The van der Waals surface area contributed by atoms with E-state index in [0.29, 0.717) is 40.9 Å². The number of H-pyrrole nitrogens is 1. The summed E-state index contributed by atoms with van der Waals surface area (Å²) in [6.07, 6.45) is 2.04. The van der Waals surface area contributed by atoms with E-state index in [4.69, 9.17) is 9.72 Å². The number of Topliss-reactive ketones (excluding diaryl/α,β-unsaturated/α-hetero) is 1. The van der Waals surface area contributed by atoms with Gasteiger partial charge in [0.25, 0.3) is 5.56 Å². The highest BCUT2D eigenvalue weighted by Gasteiger charge is 2.37. The van der Waals surface area contributed by atoms with E-state index in [1.54, 1.807) is 0 Å². The third kappa shape index (κ3) is 5.02. The van der Waals surface area contributed by atoms with Gasteiger partial charge in [-0.3, -0.25) is 9.59 Å². The van der Waals surface area contributed by atoms with Crippen LogP contribution in [0.3, 0.4) is 0 Å². The van der Waals surface area contributed by atoms with Crippen LogP contribution in [0.2, 0.25) is 0 Å². The average Bonchev–Trinajstić information content (AvgIpc) is 2.95. The van der Waals surface area contributed by atoms with Gasteiger partial charge in [0.1, 0.15) is 18.2 Å². The van der Waals surface area contributed by atoms with Crippen molar-refractivity contribution in [1.29, 1.82) is 0 Å². The minimum absolute atomic E-state index is 0.0840. The smallest absolute Gasteiger partial charge is 0.257 e. The summed E-state index contributed by atoms with van der Waals surface area (Å²) in [6, 6.07) is 27.8. The average molecular weight is 522 g/mol. The van der Waals surface area contributed by atoms with Crippen molar-refractivity contribution in [1.82, 2.24) is 9.97 Å². The number of carbonyl (C=O) groups is 1. The van der Waals surface area contributed by atoms with Crippen LogP contribution in [0.15, 0.2) is 106 Å². The van der Waals surface area contributed by atoms with Gasteiger partial charge in [0, 0.05) is 29.4 Å². The third-order valence-electron chi connectivity index (χ3n) is 6.92. The molecular formula is C31H27N3O3S. The molecule has 2 heterocycles. The SMILES string of the molecule is O=C1CCCC2=C1C(c1ccc(OCc3ccccc3)cc1)c1c(nc(SCc3ccccc3)[nH]c1=O)N2. The molecule has 1 aliphatic carbocycles. The molecule has 1 atom stereocenters. The minimum atomic E-state index is -0.471. The Hall–Kier alpha value is -4.10. The maximum atomic E-state index is 13.5. The first-order valence-electron chi connectivity index (χ1n) is 12.8. The number of hydrogen-bond donors (Lipinski definition) is 2. The van der Waals surface area contributed by atoms with Crippen LogP contribution in [0.1, 0.15) is 47.4 Å². The number of fused-ring (bicyclic) bond motifs is 1. The van der Waals surface area contributed by atoms with Crippen LogP contribution in [0.4, 0.5) is 5.82 Å². The Morgan fingerprint density at radius 3 is 2.32 bits per heavy atom. The van der Waals surface area contributed by atoms with Gasteiger partial charge in [-0.15, -0.1) is 0 Å². The second kappa shape index (κ2) is 10.7. The first kappa shape index (κ1) is 24.2. The number of allylic oxidation sites excluding steroid dienone is 2. The van der Waals surface area contributed by atoms with E-state index in [2.05, 4.69) is 22.4 Å². The van der Waals surface area contributed by atoms with E-state index in [0.717, 1.165) is 41.0 Å². The molecule has 0 bridgehead atoms. The third-order valence-corrected chi connectivity index (χ3v) is 7.86. The molecule has 6 nitrogen and oxygen atoms in total. The van der Waals surface area contributed by atoms with Crippen LogP contribution >= 0.6 is 11.8 Å². The molecule has 3 aromatic carbocycles. The van der Waals surface area contributed by atoms with Gasteiger partial charge in [-0.1, -0.05) is 84.6 Å². The van der Waals surface area contributed by atoms with E-state index >= 15 is 0 Å². The molecule has 38 heavy (non-hydrogen) atoms. The standard InChI is InChI=1S/C31H27N3O3S/c35-25-13-7-12-24-27(25)26(22-14-16-23(17-15-22)37-18-20-8-3-1-4-9-20)28-29(32-24)33-31(34-30(28)36)38-19-21-10-5-2-6-11-21/h1-6,8-11,14-17,26H,7,12-13,18-19H2,(H2,32,33,34,36). The Kier molecular flexibility index (Phi) is 6.84. The quantitative estimate of drug-likeness (QED) is 0.222. The highest BCUT2D eigenvalue weighted by molar-refractivity contribution is 7.98. The monoisotopic (exact) mass is 521 g/mol. The molecule has 2 N–H and O–H groups in total. The zero-order valence-corrected chi connectivity index (χ0v) is 21.6. The number of ether oxygens (including phenoxy) is 1. The Labute approximate surface area is 225 Å². The molecule has 7 heteroatoms. The van der Waals surface area contributed by atoms with E-state index in [1.807, 2.05) is 72.8 Å². The van der Waals surface area contributed by atoms with Gasteiger partial charge in [-0.2, -0.15) is 0 Å².